The van der Waals surface area contributed by atoms with Crippen molar-refractivity contribution in [2.45, 2.75) is 6.92 Å². The molecular weight excluding hydrogens is 140 g/mol. The predicted octanol–water partition coefficient (Wildman–Crippen LogP) is -0.230. The van der Waals surface area contributed by atoms with Crippen molar-refractivity contribution >= 4 is 11.9 Å². The topological polar surface area (TPSA) is 72.8 Å². The molecule has 10 heavy (non-hydrogen) atoms. The molecule has 0 bridgehead atoms. The number of hydrogen-bond donors (Lipinski definition) is 1. The molecule has 0 amide bonds. The lowest BCUT2D eigenvalue weighted by molar-refractivity contribution is -0.151. The molecule has 0 aliphatic carbocycles. The van der Waals surface area contributed by atoms with Gasteiger partial charge in [0.05, 0.1) is 0 Å². The lowest BCUT2D eigenvalue weighted by Crippen LogP contribution is -2.07. The van der Waals surface area contributed by atoms with Crippen LogP contribution in [-0.4, -0.2) is 23.7 Å². The number of carbonyl (C=O) groups excluding carboxylic acids is 1. The maximum Gasteiger partial charge on any atom is 0.329 e. The van der Waals surface area contributed by atoms with E-state index in [-0.39, 0.29) is 0 Å². The zero-order valence-corrected chi connectivity index (χ0v) is 5.36. The number of carboxylic acids is 1. The zero-order valence-electron chi connectivity index (χ0n) is 5.36. The summed E-state index contributed by atoms with van der Waals surface area (Å²) in [4.78, 5) is 19.8. The average molecular weight is 147 g/mol. The van der Waals surface area contributed by atoms with Crippen molar-refractivity contribution in [3.63, 3.8) is 0 Å². The number of esters is 1. The highest BCUT2D eigenvalue weighted by molar-refractivity contribution is 5.68. The summed E-state index contributed by atoms with van der Waals surface area (Å²) in [5.41, 5.74) is 0. The Labute approximate surface area is 57.5 Å². The first-order valence-electron chi connectivity index (χ1n) is 2.45. The summed E-state index contributed by atoms with van der Waals surface area (Å²) in [7, 11) is 0. The maximum absolute atomic E-state index is 10.0. The van der Waals surface area contributed by atoms with Crippen molar-refractivity contribution in [2.75, 3.05) is 6.61 Å². The van der Waals surface area contributed by atoms with Gasteiger partial charge in [-0.05, 0) is 0 Å². The summed E-state index contributed by atoms with van der Waals surface area (Å²) in [6, 6.07) is 0. The van der Waals surface area contributed by atoms with Crippen LogP contribution in [0.5, 0.6) is 0 Å². The van der Waals surface area contributed by atoms with Crippen molar-refractivity contribution in [3.8, 4) is 0 Å². The molecule has 0 aliphatic heterocycles. The number of carbonyl (C=O) groups is 2. The van der Waals surface area contributed by atoms with E-state index in [1.165, 1.54) is 6.92 Å². The molecule has 0 spiro atoms. The van der Waals surface area contributed by atoms with Gasteiger partial charge in [0, 0.05) is 6.92 Å². The molecule has 5 nitrogen and oxygen atoms in total. The van der Waals surface area contributed by atoms with Crippen LogP contribution >= 0.6 is 0 Å². The van der Waals surface area contributed by atoms with Gasteiger partial charge in [-0.3, -0.25) is 4.79 Å². The van der Waals surface area contributed by atoms with Gasteiger partial charge in [-0.2, -0.15) is 0 Å². The smallest absolute Gasteiger partial charge is 0.329 e. The maximum atomic E-state index is 10.0. The zero-order chi connectivity index (χ0) is 7.98. The number of hydrogen-bond acceptors (Lipinski definition) is 4. The highest BCUT2D eigenvalue weighted by atomic mass is 16.7. The van der Waals surface area contributed by atoms with E-state index in [4.69, 9.17) is 5.11 Å². The Bertz CT molecular complexity index is 114. The highest BCUT2D eigenvalue weighted by Crippen LogP contribution is 1.84. The monoisotopic (exact) mass is 147 g/mol. The SMILES string of the molecule is CC(=O)O[CH]OCC(=O)O. The summed E-state index contributed by atoms with van der Waals surface area (Å²) >= 11 is 0. The van der Waals surface area contributed by atoms with Gasteiger partial charge in [-0.15, -0.1) is 0 Å². The summed E-state index contributed by atoms with van der Waals surface area (Å²) in [6.07, 6.45) is 0. The molecular formula is C5H7O5. The van der Waals surface area contributed by atoms with Gasteiger partial charge >= 0.3 is 11.9 Å². The molecule has 0 aromatic rings. The van der Waals surface area contributed by atoms with Crippen molar-refractivity contribution in [1.82, 2.24) is 0 Å². The van der Waals surface area contributed by atoms with Crippen LogP contribution in [0.1, 0.15) is 6.92 Å². The van der Waals surface area contributed by atoms with Crippen molar-refractivity contribution < 1.29 is 24.2 Å². The number of aliphatic carboxylic acids is 1. The number of carboxylic acid groups (broad SMARTS) is 1. The Balaban J connectivity index is 3.06. The third kappa shape index (κ3) is 6.90. The van der Waals surface area contributed by atoms with E-state index >= 15 is 0 Å². The molecule has 0 heterocycles. The van der Waals surface area contributed by atoms with Crippen LogP contribution in [-0.2, 0) is 19.1 Å². The summed E-state index contributed by atoms with van der Waals surface area (Å²) < 4.78 is 8.38. The van der Waals surface area contributed by atoms with Crippen LogP contribution in [0.25, 0.3) is 0 Å². The average Bonchev–Trinajstić information content (AvgIpc) is 1.79. The molecule has 0 fully saturated rings. The molecule has 1 N–H and O–H groups in total. The molecule has 0 saturated heterocycles. The van der Waals surface area contributed by atoms with Gasteiger partial charge in [-0.25, -0.2) is 4.79 Å². The number of rotatable bonds is 4. The van der Waals surface area contributed by atoms with Gasteiger partial charge in [0.1, 0.15) is 6.61 Å². The second-order valence-electron chi connectivity index (χ2n) is 1.41. The Morgan fingerprint density at radius 3 is 2.60 bits per heavy atom. The first-order valence-corrected chi connectivity index (χ1v) is 2.45. The molecule has 0 saturated carbocycles. The summed E-state index contributed by atoms with van der Waals surface area (Å²) in [5, 5.41) is 7.99. The molecule has 0 atom stereocenters. The normalized spacial score (nSPS) is 8.90. The lowest BCUT2D eigenvalue weighted by Gasteiger charge is -1.97. The third-order valence-corrected chi connectivity index (χ3v) is 0.489. The van der Waals surface area contributed by atoms with Gasteiger partial charge in [-0.1, -0.05) is 0 Å². The van der Waals surface area contributed by atoms with Crippen molar-refractivity contribution in [1.29, 1.82) is 0 Å². The second kappa shape index (κ2) is 4.75. The third-order valence-electron chi connectivity index (χ3n) is 0.489. The Morgan fingerprint density at radius 2 is 2.20 bits per heavy atom. The van der Waals surface area contributed by atoms with E-state index in [1.807, 2.05) is 0 Å². The predicted molar refractivity (Wildman–Crippen MR) is 29.7 cm³/mol. The molecule has 0 aliphatic rings. The van der Waals surface area contributed by atoms with E-state index in [2.05, 4.69) is 9.47 Å². The Hall–Kier alpha value is -1.10. The Kier molecular flexibility index (Phi) is 4.23. The fourth-order valence-corrected chi connectivity index (χ4v) is 0.207. The fraction of sp³-hybridized carbons (Fsp3) is 0.400. The standard InChI is InChI=1S/C5H7O5/c1-4(6)10-3-9-2-5(7)8/h3H,2H2,1H3,(H,7,8). The van der Waals surface area contributed by atoms with E-state index in [0.717, 1.165) is 0 Å². The van der Waals surface area contributed by atoms with Gasteiger partial charge in [0.2, 0.25) is 0 Å². The van der Waals surface area contributed by atoms with Crippen LogP contribution in [0.3, 0.4) is 0 Å². The summed E-state index contributed by atoms with van der Waals surface area (Å²) in [5.74, 6) is -1.67. The molecule has 57 valence electrons. The van der Waals surface area contributed by atoms with Crippen LogP contribution < -0.4 is 0 Å². The second-order valence-corrected chi connectivity index (χ2v) is 1.41. The first-order chi connectivity index (χ1) is 4.63. The quantitative estimate of drug-likeness (QED) is 0.439. The van der Waals surface area contributed by atoms with E-state index in [1.54, 1.807) is 0 Å². The molecule has 5 heteroatoms. The van der Waals surface area contributed by atoms with Crippen LogP contribution in [0.15, 0.2) is 0 Å². The van der Waals surface area contributed by atoms with Crippen LogP contribution in [0.2, 0.25) is 0 Å². The minimum Gasteiger partial charge on any atom is -0.480 e. The molecule has 0 aromatic heterocycles. The molecule has 0 rings (SSSR count). The van der Waals surface area contributed by atoms with Crippen LogP contribution in [0.4, 0.5) is 0 Å². The van der Waals surface area contributed by atoms with Crippen molar-refractivity contribution in [2.24, 2.45) is 0 Å². The van der Waals surface area contributed by atoms with E-state index < -0.39 is 18.5 Å². The molecule has 0 unspecified atom stereocenters. The van der Waals surface area contributed by atoms with Gasteiger partial charge < -0.3 is 14.6 Å². The van der Waals surface area contributed by atoms with E-state index in [0.29, 0.717) is 6.79 Å². The molecule has 1 radical (unpaired) electrons. The number of ether oxygens (including phenoxy) is 2. The van der Waals surface area contributed by atoms with E-state index in [9.17, 15) is 9.59 Å². The van der Waals surface area contributed by atoms with Crippen LogP contribution in [0, 0.1) is 6.79 Å². The molecule has 0 aromatic carbocycles. The Morgan fingerprint density at radius 1 is 1.60 bits per heavy atom. The lowest BCUT2D eigenvalue weighted by atomic mass is 10.7. The summed E-state index contributed by atoms with van der Waals surface area (Å²) in [6.45, 7) is 1.37. The fourth-order valence-electron chi connectivity index (χ4n) is 0.207. The van der Waals surface area contributed by atoms with Gasteiger partial charge in [0.25, 0.3) is 6.79 Å². The minimum atomic E-state index is -1.12. The minimum absolute atomic E-state index is 0.507. The van der Waals surface area contributed by atoms with Gasteiger partial charge in [0.15, 0.2) is 0 Å². The highest BCUT2D eigenvalue weighted by Gasteiger charge is 1.97. The first kappa shape index (κ1) is 8.90. The largest absolute Gasteiger partial charge is 0.480 e. The van der Waals surface area contributed by atoms with Crippen molar-refractivity contribution in [3.05, 3.63) is 6.79 Å².